The summed E-state index contributed by atoms with van der Waals surface area (Å²) in [4.78, 5) is 37.7. The highest BCUT2D eigenvalue weighted by Gasteiger charge is 2.33. The van der Waals surface area contributed by atoms with E-state index < -0.39 is 23.9 Å². The molecule has 0 saturated carbocycles. The number of rotatable bonds is 7. The number of carbonyl (C=O) groups excluding carboxylic acids is 3. The number of cyclic esters (lactones) is 1. The van der Waals surface area contributed by atoms with Gasteiger partial charge in [-0.1, -0.05) is 5.21 Å². The third kappa shape index (κ3) is 5.21. The van der Waals surface area contributed by atoms with E-state index in [2.05, 4.69) is 15.6 Å². The number of halogens is 1. The Hall–Kier alpha value is -3.70. The van der Waals surface area contributed by atoms with Crippen LogP contribution >= 0.6 is 0 Å². The lowest BCUT2D eigenvalue weighted by Gasteiger charge is -2.34. The Morgan fingerprint density at radius 1 is 1.30 bits per heavy atom. The number of anilines is 2. The van der Waals surface area contributed by atoms with Crippen LogP contribution in [-0.4, -0.2) is 65.2 Å². The summed E-state index contributed by atoms with van der Waals surface area (Å²) in [5, 5.41) is 10.3. The van der Waals surface area contributed by atoms with Gasteiger partial charge in [0, 0.05) is 26.6 Å². The van der Waals surface area contributed by atoms with Crippen molar-refractivity contribution < 1.29 is 23.5 Å². The summed E-state index contributed by atoms with van der Waals surface area (Å²) in [6.45, 7) is 3.80. The maximum Gasteiger partial charge on any atom is 0.414 e. The predicted molar refractivity (Wildman–Crippen MR) is 116 cm³/mol. The monoisotopic (exact) mass is 459 g/mol. The highest BCUT2D eigenvalue weighted by Crippen LogP contribution is 2.30. The second-order valence-corrected chi connectivity index (χ2v) is 8.31. The van der Waals surface area contributed by atoms with Crippen LogP contribution < -0.4 is 20.9 Å². The number of benzene rings is 1. The van der Waals surface area contributed by atoms with Crippen molar-refractivity contribution in [1.29, 1.82) is 0 Å². The summed E-state index contributed by atoms with van der Waals surface area (Å²) in [6, 6.07) is 4.72. The van der Waals surface area contributed by atoms with Gasteiger partial charge in [0.1, 0.15) is 11.9 Å². The van der Waals surface area contributed by atoms with Crippen molar-refractivity contribution in [2.45, 2.75) is 32.4 Å². The zero-order valence-corrected chi connectivity index (χ0v) is 18.2. The highest BCUT2D eigenvalue weighted by atomic mass is 19.1. The van der Waals surface area contributed by atoms with Crippen LogP contribution in [0.15, 0.2) is 24.4 Å². The minimum atomic E-state index is -0.611. The molecule has 0 spiro atoms. The number of nitrogens with zero attached hydrogens (tertiary/aromatic N) is 5. The molecule has 2 aliphatic rings. The van der Waals surface area contributed by atoms with Crippen molar-refractivity contribution in [1.82, 2.24) is 20.3 Å². The highest BCUT2D eigenvalue weighted by molar-refractivity contribution is 5.90. The molecule has 1 aromatic carbocycles. The molecular weight excluding hydrogens is 433 g/mol. The van der Waals surface area contributed by atoms with E-state index in [1.165, 1.54) is 24.1 Å². The lowest BCUT2D eigenvalue weighted by Crippen LogP contribution is -2.35. The molecule has 4 rings (SSSR count). The predicted octanol–water partition coefficient (Wildman–Crippen LogP) is 0.894. The normalized spacial score (nSPS) is 19.0. The number of ether oxygens (including phenoxy) is 1. The van der Waals surface area contributed by atoms with Crippen LogP contribution in [0, 0.1) is 11.7 Å². The number of aromatic nitrogens is 3. The molecule has 2 aromatic rings. The van der Waals surface area contributed by atoms with E-state index in [4.69, 9.17) is 10.5 Å². The van der Waals surface area contributed by atoms with Gasteiger partial charge in [0.25, 0.3) is 5.91 Å². The number of hydrogen-bond acceptors (Lipinski definition) is 7. The fourth-order valence-corrected chi connectivity index (χ4v) is 4.14. The largest absolute Gasteiger partial charge is 0.442 e. The SMILES string of the molecule is CC(=O)NCC1CN(c2ccc(N3CCC(Cn4cc(C(N)=O)nn4)CC3)c(F)c2)C(=O)O1. The molecule has 2 aliphatic heterocycles. The van der Waals surface area contributed by atoms with Crippen LogP contribution in [0.5, 0.6) is 0 Å². The lowest BCUT2D eigenvalue weighted by atomic mass is 9.96. The lowest BCUT2D eigenvalue weighted by molar-refractivity contribution is -0.119. The third-order valence-electron chi connectivity index (χ3n) is 5.89. The summed E-state index contributed by atoms with van der Waals surface area (Å²) < 4.78 is 21.8. The molecule has 11 nitrogen and oxygen atoms in total. The summed E-state index contributed by atoms with van der Waals surface area (Å²) in [5.74, 6) is -0.904. The first-order chi connectivity index (χ1) is 15.8. The molecule has 2 fully saturated rings. The second-order valence-electron chi connectivity index (χ2n) is 8.31. The van der Waals surface area contributed by atoms with E-state index in [0.717, 1.165) is 12.8 Å². The van der Waals surface area contributed by atoms with E-state index in [1.54, 1.807) is 16.8 Å². The summed E-state index contributed by atoms with van der Waals surface area (Å²) in [5.41, 5.74) is 6.24. The number of nitrogens with two attached hydrogens (primary N) is 1. The van der Waals surface area contributed by atoms with Crippen molar-refractivity contribution in [3.8, 4) is 0 Å². The number of primary amides is 1. The van der Waals surface area contributed by atoms with Crippen molar-refractivity contribution in [3.05, 3.63) is 35.9 Å². The summed E-state index contributed by atoms with van der Waals surface area (Å²) in [7, 11) is 0. The third-order valence-corrected chi connectivity index (χ3v) is 5.89. The Bertz CT molecular complexity index is 1050. The van der Waals surface area contributed by atoms with Crippen LogP contribution in [0.4, 0.5) is 20.6 Å². The van der Waals surface area contributed by atoms with Crippen LogP contribution in [0.1, 0.15) is 30.3 Å². The molecular formula is C21H26FN7O4. The standard InChI is InChI=1S/C21H26FN7O4/c1-13(30)24-9-16-11-29(21(32)33-16)15-2-3-19(17(22)8-15)27-6-4-14(5-7-27)10-28-12-18(20(23)31)25-26-28/h2-3,8,12,14,16H,4-7,9-11H2,1H3,(H2,23,31)(H,24,30). The van der Waals surface area contributed by atoms with Crippen LogP contribution in [0.2, 0.25) is 0 Å². The van der Waals surface area contributed by atoms with E-state index in [9.17, 15) is 18.8 Å². The molecule has 0 aliphatic carbocycles. The van der Waals surface area contributed by atoms with E-state index >= 15 is 0 Å². The molecule has 3 heterocycles. The van der Waals surface area contributed by atoms with Gasteiger partial charge in [-0.3, -0.25) is 19.2 Å². The molecule has 176 valence electrons. The Kier molecular flexibility index (Phi) is 6.43. The quantitative estimate of drug-likeness (QED) is 0.628. The number of carbonyl (C=O) groups is 3. The maximum absolute atomic E-state index is 14.9. The Balaban J connectivity index is 1.33. The first kappa shape index (κ1) is 22.5. The summed E-state index contributed by atoms with van der Waals surface area (Å²) in [6.07, 6.45) is 2.15. The van der Waals surface area contributed by atoms with Crippen molar-refractivity contribution >= 4 is 29.3 Å². The van der Waals surface area contributed by atoms with Crippen molar-refractivity contribution in [2.75, 3.05) is 36.0 Å². The fourth-order valence-electron chi connectivity index (χ4n) is 4.14. The molecule has 0 radical (unpaired) electrons. The number of hydrogen-bond donors (Lipinski definition) is 2. The summed E-state index contributed by atoms with van der Waals surface area (Å²) >= 11 is 0. The van der Waals surface area contributed by atoms with Crippen LogP contribution in [0.3, 0.4) is 0 Å². The number of piperidine rings is 1. The first-order valence-corrected chi connectivity index (χ1v) is 10.8. The number of nitrogens with one attached hydrogen (secondary N) is 1. The molecule has 33 heavy (non-hydrogen) atoms. The van der Waals surface area contributed by atoms with Crippen LogP contribution in [0.25, 0.3) is 0 Å². The fraction of sp³-hybridized carbons (Fsp3) is 0.476. The molecule has 2 saturated heterocycles. The maximum atomic E-state index is 14.9. The Labute approximate surface area is 189 Å². The molecule has 1 aromatic heterocycles. The first-order valence-electron chi connectivity index (χ1n) is 10.8. The van der Waals surface area contributed by atoms with Gasteiger partial charge in [0.15, 0.2) is 5.69 Å². The zero-order valence-electron chi connectivity index (χ0n) is 18.2. The van der Waals surface area contributed by atoms with Crippen molar-refractivity contribution in [2.24, 2.45) is 11.7 Å². The molecule has 1 unspecified atom stereocenters. The van der Waals surface area contributed by atoms with Crippen molar-refractivity contribution in [3.63, 3.8) is 0 Å². The minimum absolute atomic E-state index is 0.137. The molecule has 12 heteroatoms. The Morgan fingerprint density at radius 2 is 2.06 bits per heavy atom. The van der Waals surface area contributed by atoms with Gasteiger partial charge in [0.05, 0.1) is 30.7 Å². The van der Waals surface area contributed by atoms with Gasteiger partial charge >= 0.3 is 6.09 Å². The van der Waals surface area contributed by atoms with Gasteiger partial charge in [-0.25, -0.2) is 9.18 Å². The van der Waals surface area contributed by atoms with E-state index in [1.807, 2.05) is 4.90 Å². The number of amides is 3. The van der Waals surface area contributed by atoms with Gasteiger partial charge in [0.2, 0.25) is 5.91 Å². The van der Waals surface area contributed by atoms with Gasteiger partial charge in [-0.05, 0) is 37.0 Å². The van der Waals surface area contributed by atoms with Gasteiger partial charge < -0.3 is 20.7 Å². The zero-order chi connectivity index (χ0) is 23.5. The van der Waals surface area contributed by atoms with E-state index in [-0.39, 0.29) is 24.7 Å². The van der Waals surface area contributed by atoms with E-state index in [0.29, 0.717) is 36.9 Å². The van der Waals surface area contributed by atoms with Crippen LogP contribution in [-0.2, 0) is 16.1 Å². The van der Waals surface area contributed by atoms with Gasteiger partial charge in [-0.2, -0.15) is 0 Å². The molecule has 0 bridgehead atoms. The minimum Gasteiger partial charge on any atom is -0.442 e. The smallest absolute Gasteiger partial charge is 0.414 e. The second kappa shape index (κ2) is 9.43. The molecule has 3 N–H and O–H groups in total. The Morgan fingerprint density at radius 3 is 2.70 bits per heavy atom. The average molecular weight is 459 g/mol. The molecule has 1 atom stereocenters. The van der Waals surface area contributed by atoms with Gasteiger partial charge in [-0.15, -0.1) is 5.10 Å². The average Bonchev–Trinajstić information content (AvgIpc) is 3.39. The topological polar surface area (TPSA) is 136 Å². The molecule has 3 amide bonds.